The summed E-state index contributed by atoms with van der Waals surface area (Å²) in [6, 6.07) is 5.10. The molecule has 0 aliphatic rings. The molecule has 2 rings (SSSR count). The van der Waals surface area contributed by atoms with Crippen molar-refractivity contribution in [2.75, 3.05) is 7.11 Å². The van der Waals surface area contributed by atoms with Gasteiger partial charge in [0.2, 0.25) is 0 Å². The standard InChI is InChI=1S/C11H9BrN2O2/c1-6-10(12)14-9-5-7(11(15)16-2)3-4-8(9)13-6/h3-5H,1-2H3. The summed E-state index contributed by atoms with van der Waals surface area (Å²) in [5, 5.41) is 0. The summed E-state index contributed by atoms with van der Waals surface area (Å²) in [7, 11) is 1.35. The maximum absolute atomic E-state index is 11.3. The molecular formula is C11H9BrN2O2. The van der Waals surface area contributed by atoms with Crippen molar-refractivity contribution in [3.8, 4) is 0 Å². The smallest absolute Gasteiger partial charge is 0.337 e. The highest BCUT2D eigenvalue weighted by atomic mass is 79.9. The first-order chi connectivity index (χ1) is 7.61. The zero-order valence-corrected chi connectivity index (χ0v) is 10.4. The maximum atomic E-state index is 11.3. The normalized spacial score (nSPS) is 10.4. The second-order valence-electron chi connectivity index (χ2n) is 3.29. The van der Waals surface area contributed by atoms with Gasteiger partial charge in [0.1, 0.15) is 4.60 Å². The molecule has 82 valence electrons. The highest BCUT2D eigenvalue weighted by Crippen LogP contribution is 2.18. The third kappa shape index (κ3) is 1.90. The highest BCUT2D eigenvalue weighted by Gasteiger charge is 2.08. The van der Waals surface area contributed by atoms with Crippen LogP contribution in [0.1, 0.15) is 16.1 Å². The third-order valence-electron chi connectivity index (χ3n) is 2.20. The Morgan fingerprint density at radius 2 is 2.06 bits per heavy atom. The lowest BCUT2D eigenvalue weighted by molar-refractivity contribution is 0.0601. The number of esters is 1. The Labute approximate surface area is 101 Å². The molecule has 16 heavy (non-hydrogen) atoms. The van der Waals surface area contributed by atoms with E-state index in [1.165, 1.54) is 7.11 Å². The van der Waals surface area contributed by atoms with Crippen molar-refractivity contribution >= 4 is 32.9 Å². The Kier molecular flexibility index (Phi) is 2.87. The van der Waals surface area contributed by atoms with Gasteiger partial charge in [-0.15, -0.1) is 0 Å². The number of benzene rings is 1. The van der Waals surface area contributed by atoms with Crippen LogP contribution in [0, 0.1) is 6.92 Å². The van der Waals surface area contributed by atoms with Gasteiger partial charge in [-0.3, -0.25) is 0 Å². The van der Waals surface area contributed by atoms with Gasteiger partial charge in [-0.25, -0.2) is 14.8 Å². The predicted octanol–water partition coefficient (Wildman–Crippen LogP) is 2.49. The monoisotopic (exact) mass is 280 g/mol. The Bertz CT molecular complexity index is 569. The Morgan fingerprint density at radius 3 is 2.75 bits per heavy atom. The molecule has 5 heteroatoms. The van der Waals surface area contributed by atoms with Crippen molar-refractivity contribution in [1.82, 2.24) is 9.97 Å². The summed E-state index contributed by atoms with van der Waals surface area (Å²) in [5.41, 5.74) is 2.71. The summed E-state index contributed by atoms with van der Waals surface area (Å²) < 4.78 is 5.32. The minimum Gasteiger partial charge on any atom is -0.465 e. The number of ether oxygens (including phenoxy) is 1. The zero-order valence-electron chi connectivity index (χ0n) is 8.82. The first-order valence-electron chi connectivity index (χ1n) is 4.64. The number of nitrogens with zero attached hydrogens (tertiary/aromatic N) is 2. The fraction of sp³-hybridized carbons (Fsp3) is 0.182. The van der Waals surface area contributed by atoms with Gasteiger partial charge in [0.05, 0.1) is 29.4 Å². The van der Waals surface area contributed by atoms with Crippen molar-refractivity contribution in [2.24, 2.45) is 0 Å². The molecule has 0 saturated heterocycles. The van der Waals surface area contributed by atoms with E-state index in [1.54, 1.807) is 18.2 Å². The van der Waals surface area contributed by atoms with Crippen LogP contribution < -0.4 is 0 Å². The van der Waals surface area contributed by atoms with Crippen LogP contribution in [0.2, 0.25) is 0 Å². The van der Waals surface area contributed by atoms with Crippen molar-refractivity contribution in [3.63, 3.8) is 0 Å². The summed E-state index contributed by atoms with van der Waals surface area (Å²) in [5.74, 6) is -0.375. The van der Waals surface area contributed by atoms with Gasteiger partial charge in [0.25, 0.3) is 0 Å². The maximum Gasteiger partial charge on any atom is 0.337 e. The average molecular weight is 281 g/mol. The molecule has 4 nitrogen and oxygen atoms in total. The summed E-state index contributed by atoms with van der Waals surface area (Å²) in [6.45, 7) is 1.87. The molecule has 1 aromatic heterocycles. The first kappa shape index (κ1) is 11.0. The quantitative estimate of drug-likeness (QED) is 0.753. The van der Waals surface area contributed by atoms with Crippen LogP contribution in [0.25, 0.3) is 11.0 Å². The van der Waals surface area contributed by atoms with E-state index in [-0.39, 0.29) is 5.97 Å². The molecular weight excluding hydrogens is 272 g/mol. The van der Waals surface area contributed by atoms with Gasteiger partial charge in [-0.1, -0.05) is 0 Å². The van der Waals surface area contributed by atoms with E-state index in [9.17, 15) is 4.79 Å². The fourth-order valence-corrected chi connectivity index (χ4v) is 1.65. The molecule has 0 bridgehead atoms. The molecule has 1 aromatic carbocycles. The first-order valence-corrected chi connectivity index (χ1v) is 5.43. The fourth-order valence-electron chi connectivity index (χ4n) is 1.37. The molecule has 0 unspecified atom stereocenters. The molecule has 0 aliphatic heterocycles. The SMILES string of the molecule is COC(=O)c1ccc2nc(C)c(Br)nc2c1. The average Bonchev–Trinajstić information content (AvgIpc) is 2.29. The van der Waals surface area contributed by atoms with E-state index >= 15 is 0 Å². The Morgan fingerprint density at radius 1 is 1.31 bits per heavy atom. The number of fused-ring (bicyclic) bond motifs is 1. The van der Waals surface area contributed by atoms with Crippen molar-refractivity contribution in [3.05, 3.63) is 34.1 Å². The lowest BCUT2D eigenvalue weighted by Crippen LogP contribution is -2.01. The van der Waals surface area contributed by atoms with E-state index in [0.29, 0.717) is 15.7 Å². The second-order valence-corrected chi connectivity index (χ2v) is 4.05. The van der Waals surface area contributed by atoms with Crippen LogP contribution >= 0.6 is 15.9 Å². The molecule has 0 aliphatic carbocycles. The van der Waals surface area contributed by atoms with Crippen LogP contribution in [0.5, 0.6) is 0 Å². The molecule has 0 amide bonds. The number of carbonyl (C=O) groups is 1. The Hall–Kier alpha value is -1.49. The molecule has 0 radical (unpaired) electrons. The number of methoxy groups -OCH3 is 1. The topological polar surface area (TPSA) is 52.1 Å². The number of hydrogen-bond donors (Lipinski definition) is 0. The van der Waals surface area contributed by atoms with Gasteiger partial charge in [0, 0.05) is 0 Å². The van der Waals surface area contributed by atoms with Crippen LogP contribution in [0.3, 0.4) is 0 Å². The van der Waals surface area contributed by atoms with Gasteiger partial charge in [-0.05, 0) is 41.1 Å². The highest BCUT2D eigenvalue weighted by molar-refractivity contribution is 9.10. The molecule has 0 N–H and O–H groups in total. The third-order valence-corrected chi connectivity index (χ3v) is 2.95. The number of carbonyl (C=O) groups excluding carboxylic acids is 1. The van der Waals surface area contributed by atoms with Crippen molar-refractivity contribution in [1.29, 1.82) is 0 Å². The van der Waals surface area contributed by atoms with E-state index < -0.39 is 0 Å². The molecule has 0 spiro atoms. The predicted molar refractivity (Wildman–Crippen MR) is 63.3 cm³/mol. The van der Waals surface area contributed by atoms with Crippen molar-refractivity contribution < 1.29 is 9.53 Å². The van der Waals surface area contributed by atoms with E-state index in [2.05, 4.69) is 30.6 Å². The van der Waals surface area contributed by atoms with E-state index in [1.807, 2.05) is 6.92 Å². The van der Waals surface area contributed by atoms with Crippen LogP contribution in [-0.2, 0) is 4.74 Å². The summed E-state index contributed by atoms with van der Waals surface area (Å²) >= 11 is 3.31. The van der Waals surface area contributed by atoms with Crippen molar-refractivity contribution in [2.45, 2.75) is 6.92 Å². The second kappa shape index (κ2) is 4.17. The van der Waals surface area contributed by atoms with Crippen LogP contribution in [0.4, 0.5) is 0 Å². The molecule has 0 saturated carbocycles. The number of aromatic nitrogens is 2. The van der Waals surface area contributed by atoms with E-state index in [4.69, 9.17) is 0 Å². The molecule has 0 atom stereocenters. The molecule has 0 fully saturated rings. The zero-order chi connectivity index (χ0) is 11.7. The number of halogens is 1. The summed E-state index contributed by atoms with van der Waals surface area (Å²) in [4.78, 5) is 20.0. The molecule has 2 aromatic rings. The minimum atomic E-state index is -0.375. The molecule has 1 heterocycles. The van der Waals surface area contributed by atoms with Gasteiger partial charge in [-0.2, -0.15) is 0 Å². The minimum absolute atomic E-state index is 0.375. The summed E-state index contributed by atoms with van der Waals surface area (Å²) in [6.07, 6.45) is 0. The number of aryl methyl sites for hydroxylation is 1. The number of rotatable bonds is 1. The van der Waals surface area contributed by atoms with Gasteiger partial charge >= 0.3 is 5.97 Å². The van der Waals surface area contributed by atoms with Gasteiger partial charge < -0.3 is 4.74 Å². The van der Waals surface area contributed by atoms with Crippen LogP contribution in [-0.4, -0.2) is 23.0 Å². The lowest BCUT2D eigenvalue weighted by Gasteiger charge is -2.03. The lowest BCUT2D eigenvalue weighted by atomic mass is 10.2. The largest absolute Gasteiger partial charge is 0.465 e. The Balaban J connectivity index is 2.62. The number of hydrogen-bond acceptors (Lipinski definition) is 4. The van der Waals surface area contributed by atoms with E-state index in [0.717, 1.165) is 11.2 Å². The van der Waals surface area contributed by atoms with Crippen LogP contribution in [0.15, 0.2) is 22.8 Å². The van der Waals surface area contributed by atoms with Gasteiger partial charge in [0.15, 0.2) is 0 Å².